The van der Waals surface area contributed by atoms with Gasteiger partial charge in [0.05, 0.1) is 5.39 Å². The summed E-state index contributed by atoms with van der Waals surface area (Å²) in [7, 11) is 1.86. The van der Waals surface area contributed by atoms with E-state index in [4.69, 9.17) is 0 Å². The minimum absolute atomic E-state index is 0.554. The van der Waals surface area contributed by atoms with Gasteiger partial charge in [0.1, 0.15) is 10.6 Å². The molecule has 4 nitrogen and oxygen atoms in total. The number of thiophene rings is 1. The van der Waals surface area contributed by atoms with Crippen LogP contribution in [-0.2, 0) is 0 Å². The Morgan fingerprint density at radius 2 is 2.16 bits per heavy atom. The minimum Gasteiger partial charge on any atom is -0.367 e. The van der Waals surface area contributed by atoms with Crippen LogP contribution in [0.1, 0.15) is 31.1 Å². The molecule has 2 heterocycles. The molecule has 2 N–H and O–H groups in total. The molecule has 2 unspecified atom stereocenters. The summed E-state index contributed by atoms with van der Waals surface area (Å²) >= 11 is 1.72. The Bertz CT molecular complexity index is 592. The third-order valence-corrected chi connectivity index (χ3v) is 4.72. The van der Waals surface area contributed by atoms with Gasteiger partial charge in [-0.25, -0.2) is 4.98 Å². The monoisotopic (exact) mass is 276 g/mol. The minimum atomic E-state index is 0.554. The highest BCUT2D eigenvalue weighted by atomic mass is 32.1. The Morgan fingerprint density at radius 3 is 2.84 bits per heavy atom. The largest absolute Gasteiger partial charge is 0.367 e. The van der Waals surface area contributed by atoms with E-state index in [1.165, 1.54) is 24.1 Å². The summed E-state index contributed by atoms with van der Waals surface area (Å²) in [6.45, 7) is 4.44. The number of rotatable bonds is 3. The fraction of sp³-hybridized carbons (Fsp3) is 0.571. The van der Waals surface area contributed by atoms with Gasteiger partial charge in [-0.3, -0.25) is 0 Å². The molecule has 0 aliphatic heterocycles. The van der Waals surface area contributed by atoms with Crippen molar-refractivity contribution >= 4 is 33.3 Å². The van der Waals surface area contributed by atoms with E-state index in [0.29, 0.717) is 12.0 Å². The van der Waals surface area contributed by atoms with Crippen molar-refractivity contribution in [3.63, 3.8) is 0 Å². The highest BCUT2D eigenvalue weighted by molar-refractivity contribution is 7.18. The molecule has 1 fully saturated rings. The maximum absolute atomic E-state index is 4.59. The first-order chi connectivity index (χ1) is 9.15. The van der Waals surface area contributed by atoms with Gasteiger partial charge in [-0.2, -0.15) is 4.98 Å². The first-order valence-corrected chi connectivity index (χ1v) is 7.70. The summed E-state index contributed by atoms with van der Waals surface area (Å²) in [6.07, 6.45) is 3.79. The van der Waals surface area contributed by atoms with Crippen LogP contribution < -0.4 is 10.6 Å². The third kappa shape index (κ3) is 2.52. The van der Waals surface area contributed by atoms with Gasteiger partial charge in [-0.15, -0.1) is 11.3 Å². The number of hydrogen-bond acceptors (Lipinski definition) is 5. The number of fused-ring (bicyclic) bond motifs is 1. The molecule has 5 heteroatoms. The zero-order valence-corrected chi connectivity index (χ0v) is 12.5. The molecule has 2 aromatic rings. The molecule has 19 heavy (non-hydrogen) atoms. The third-order valence-electron chi connectivity index (χ3n) is 3.78. The van der Waals surface area contributed by atoms with Crippen LogP contribution in [0.3, 0.4) is 0 Å². The van der Waals surface area contributed by atoms with E-state index in [-0.39, 0.29) is 0 Å². The van der Waals surface area contributed by atoms with Crippen LogP contribution in [-0.4, -0.2) is 23.1 Å². The molecule has 2 aromatic heterocycles. The summed E-state index contributed by atoms with van der Waals surface area (Å²) in [4.78, 5) is 11.5. The molecule has 0 spiro atoms. The summed E-state index contributed by atoms with van der Waals surface area (Å²) < 4.78 is 0. The van der Waals surface area contributed by atoms with Crippen molar-refractivity contribution in [2.45, 2.75) is 39.2 Å². The van der Waals surface area contributed by atoms with Crippen LogP contribution in [0, 0.1) is 12.8 Å². The Balaban J connectivity index is 1.96. The van der Waals surface area contributed by atoms with Crippen LogP contribution in [0.2, 0.25) is 0 Å². The van der Waals surface area contributed by atoms with Gasteiger partial charge in [0.2, 0.25) is 5.95 Å². The van der Waals surface area contributed by atoms with Crippen LogP contribution in [0.4, 0.5) is 11.8 Å². The van der Waals surface area contributed by atoms with Gasteiger partial charge in [-0.05, 0) is 38.2 Å². The summed E-state index contributed by atoms with van der Waals surface area (Å²) in [5.74, 6) is 2.50. The van der Waals surface area contributed by atoms with Crippen molar-refractivity contribution in [3.8, 4) is 0 Å². The first-order valence-electron chi connectivity index (χ1n) is 6.88. The van der Waals surface area contributed by atoms with Crippen molar-refractivity contribution in [3.05, 3.63) is 10.9 Å². The molecule has 1 aliphatic carbocycles. The van der Waals surface area contributed by atoms with E-state index in [2.05, 4.69) is 40.5 Å². The van der Waals surface area contributed by atoms with Gasteiger partial charge in [0, 0.05) is 18.0 Å². The maximum atomic E-state index is 4.59. The number of anilines is 2. The second-order valence-corrected chi connectivity index (χ2v) is 6.72. The molecule has 3 rings (SSSR count). The molecule has 102 valence electrons. The molecule has 0 bridgehead atoms. The zero-order chi connectivity index (χ0) is 13.4. The van der Waals surface area contributed by atoms with Crippen LogP contribution in [0.25, 0.3) is 10.2 Å². The first kappa shape index (κ1) is 12.7. The van der Waals surface area contributed by atoms with E-state index in [0.717, 1.165) is 22.0 Å². The van der Waals surface area contributed by atoms with Gasteiger partial charge < -0.3 is 10.6 Å². The Morgan fingerprint density at radius 1 is 1.32 bits per heavy atom. The molecular weight excluding hydrogens is 256 g/mol. The van der Waals surface area contributed by atoms with Crippen molar-refractivity contribution < 1.29 is 0 Å². The van der Waals surface area contributed by atoms with Gasteiger partial charge in [0.25, 0.3) is 0 Å². The lowest BCUT2D eigenvalue weighted by molar-refractivity contribution is 0.602. The second-order valence-electron chi connectivity index (χ2n) is 5.48. The van der Waals surface area contributed by atoms with E-state index >= 15 is 0 Å². The lowest BCUT2D eigenvalue weighted by Gasteiger charge is -2.14. The SMILES string of the molecule is CNc1nc(NC2CCC(C)C2)c2cc(C)sc2n1. The summed E-state index contributed by atoms with van der Waals surface area (Å²) in [6, 6.07) is 2.73. The van der Waals surface area contributed by atoms with Gasteiger partial charge in [0.15, 0.2) is 0 Å². The Kier molecular flexibility index (Phi) is 3.31. The topological polar surface area (TPSA) is 49.8 Å². The van der Waals surface area contributed by atoms with Crippen molar-refractivity contribution in [2.75, 3.05) is 17.7 Å². The fourth-order valence-corrected chi connectivity index (χ4v) is 3.67. The molecular formula is C14H20N4S. The fourth-order valence-electron chi connectivity index (χ4n) is 2.80. The smallest absolute Gasteiger partial charge is 0.225 e. The molecule has 1 saturated carbocycles. The normalized spacial score (nSPS) is 22.9. The van der Waals surface area contributed by atoms with Crippen molar-refractivity contribution in [1.82, 2.24) is 9.97 Å². The molecule has 0 aromatic carbocycles. The summed E-state index contributed by atoms with van der Waals surface area (Å²) in [5.41, 5.74) is 0. The molecule has 2 atom stereocenters. The number of hydrogen-bond donors (Lipinski definition) is 2. The summed E-state index contributed by atoms with van der Waals surface area (Å²) in [5, 5.41) is 7.82. The quantitative estimate of drug-likeness (QED) is 0.898. The molecule has 0 saturated heterocycles. The van der Waals surface area contributed by atoms with Gasteiger partial charge in [-0.1, -0.05) is 6.92 Å². The molecule has 1 aliphatic rings. The predicted octanol–water partition coefficient (Wildman–Crippen LogP) is 3.64. The lowest BCUT2D eigenvalue weighted by atomic mass is 10.1. The lowest BCUT2D eigenvalue weighted by Crippen LogP contribution is -2.17. The Labute approximate surface area is 117 Å². The predicted molar refractivity (Wildman–Crippen MR) is 82.1 cm³/mol. The van der Waals surface area contributed by atoms with Crippen molar-refractivity contribution in [2.24, 2.45) is 5.92 Å². The molecule has 0 radical (unpaired) electrons. The number of nitrogens with one attached hydrogen (secondary N) is 2. The van der Waals surface area contributed by atoms with Crippen LogP contribution >= 0.6 is 11.3 Å². The maximum Gasteiger partial charge on any atom is 0.225 e. The zero-order valence-electron chi connectivity index (χ0n) is 11.7. The average Bonchev–Trinajstić information content (AvgIpc) is 2.94. The molecule has 0 amide bonds. The average molecular weight is 276 g/mol. The number of aryl methyl sites for hydroxylation is 1. The van der Waals surface area contributed by atoms with E-state index in [9.17, 15) is 0 Å². The van der Waals surface area contributed by atoms with E-state index < -0.39 is 0 Å². The second kappa shape index (κ2) is 4.96. The number of nitrogens with zero attached hydrogens (tertiary/aromatic N) is 2. The number of aromatic nitrogens is 2. The van der Waals surface area contributed by atoms with E-state index in [1.54, 1.807) is 11.3 Å². The highest BCUT2D eigenvalue weighted by Crippen LogP contribution is 2.33. The van der Waals surface area contributed by atoms with Crippen LogP contribution in [0.5, 0.6) is 0 Å². The standard InChI is InChI=1S/C14H20N4S/c1-8-4-5-10(6-8)16-12-11-7-9(2)19-13(11)18-14(15-3)17-12/h7-8,10H,4-6H2,1-3H3,(H2,15,16,17,18). The highest BCUT2D eigenvalue weighted by Gasteiger charge is 2.22. The Hall–Kier alpha value is -1.36. The van der Waals surface area contributed by atoms with Gasteiger partial charge >= 0.3 is 0 Å². The van der Waals surface area contributed by atoms with Crippen molar-refractivity contribution in [1.29, 1.82) is 0 Å². The van der Waals surface area contributed by atoms with Crippen LogP contribution in [0.15, 0.2) is 6.07 Å². The van der Waals surface area contributed by atoms with E-state index in [1.807, 2.05) is 7.05 Å².